The highest BCUT2D eigenvalue weighted by Gasteiger charge is 2.20. The van der Waals surface area contributed by atoms with E-state index in [2.05, 4.69) is 23.8 Å². The summed E-state index contributed by atoms with van der Waals surface area (Å²) in [6.45, 7) is 6.83. The minimum Gasteiger partial charge on any atom is -0.399 e. The lowest BCUT2D eigenvalue weighted by atomic mass is 10.2. The summed E-state index contributed by atoms with van der Waals surface area (Å²) < 4.78 is 0. The molecule has 2 N–H and O–H groups in total. The third kappa shape index (κ3) is 3.63. The van der Waals surface area contributed by atoms with Gasteiger partial charge in [-0.05, 0) is 32.2 Å². The molecule has 5 nitrogen and oxygen atoms in total. The number of nitrogen functional groups attached to an aromatic ring is 1. The Morgan fingerprint density at radius 1 is 1.30 bits per heavy atom. The molecule has 0 unspecified atom stereocenters. The number of nitrogens with two attached hydrogens (primary N) is 1. The van der Waals surface area contributed by atoms with Gasteiger partial charge in [0.05, 0.1) is 6.54 Å². The molecule has 110 valence electrons. The smallest absolute Gasteiger partial charge is 0.242 e. The van der Waals surface area contributed by atoms with Crippen LogP contribution in [0.1, 0.15) is 6.92 Å². The Morgan fingerprint density at radius 3 is 2.60 bits per heavy atom. The number of anilines is 2. The van der Waals surface area contributed by atoms with Crippen molar-refractivity contribution in [3.05, 3.63) is 24.3 Å². The van der Waals surface area contributed by atoms with Crippen LogP contribution in [0.4, 0.5) is 11.4 Å². The van der Waals surface area contributed by atoms with Gasteiger partial charge in [-0.3, -0.25) is 4.79 Å². The predicted octanol–water partition coefficient (Wildman–Crippen LogP) is 0.869. The van der Waals surface area contributed by atoms with Crippen LogP contribution in [0.5, 0.6) is 0 Å². The van der Waals surface area contributed by atoms with E-state index in [1.165, 1.54) is 0 Å². The van der Waals surface area contributed by atoms with Crippen LogP contribution in [0, 0.1) is 0 Å². The Labute approximate surface area is 120 Å². The minimum absolute atomic E-state index is 0.197. The van der Waals surface area contributed by atoms with Gasteiger partial charge in [0.25, 0.3) is 0 Å². The number of benzene rings is 1. The van der Waals surface area contributed by atoms with Gasteiger partial charge >= 0.3 is 0 Å². The Balaban J connectivity index is 1.97. The zero-order valence-corrected chi connectivity index (χ0v) is 12.4. The number of nitrogens with zero attached hydrogens (tertiary/aromatic N) is 3. The molecule has 1 aliphatic rings. The molecule has 1 amide bonds. The molecule has 5 heteroatoms. The summed E-state index contributed by atoms with van der Waals surface area (Å²) >= 11 is 0. The van der Waals surface area contributed by atoms with Crippen LogP contribution < -0.4 is 10.6 Å². The van der Waals surface area contributed by atoms with Crippen molar-refractivity contribution in [3.63, 3.8) is 0 Å². The summed E-state index contributed by atoms with van der Waals surface area (Å²) in [6.07, 6.45) is 0. The lowest BCUT2D eigenvalue weighted by Gasteiger charge is -2.34. The van der Waals surface area contributed by atoms with Crippen molar-refractivity contribution in [1.29, 1.82) is 0 Å². The van der Waals surface area contributed by atoms with Crippen LogP contribution in [-0.2, 0) is 4.79 Å². The third-order valence-electron chi connectivity index (χ3n) is 3.80. The fourth-order valence-electron chi connectivity index (χ4n) is 2.43. The Morgan fingerprint density at radius 2 is 2.00 bits per heavy atom. The highest BCUT2D eigenvalue weighted by atomic mass is 16.2. The third-order valence-corrected chi connectivity index (χ3v) is 3.80. The molecule has 0 bridgehead atoms. The number of rotatable bonds is 4. The number of hydrogen-bond donors (Lipinski definition) is 1. The van der Waals surface area contributed by atoms with Crippen molar-refractivity contribution in [2.75, 3.05) is 56.9 Å². The zero-order chi connectivity index (χ0) is 14.5. The van der Waals surface area contributed by atoms with Gasteiger partial charge < -0.3 is 20.4 Å². The van der Waals surface area contributed by atoms with E-state index in [4.69, 9.17) is 5.73 Å². The summed E-state index contributed by atoms with van der Waals surface area (Å²) in [5.41, 5.74) is 7.55. The van der Waals surface area contributed by atoms with E-state index in [1.807, 2.05) is 29.2 Å². The first-order chi connectivity index (χ1) is 9.60. The van der Waals surface area contributed by atoms with Crippen molar-refractivity contribution in [2.45, 2.75) is 6.92 Å². The Bertz CT molecular complexity index is 455. The van der Waals surface area contributed by atoms with Crippen LogP contribution in [-0.4, -0.2) is 62.0 Å². The quantitative estimate of drug-likeness (QED) is 0.829. The largest absolute Gasteiger partial charge is 0.399 e. The SMILES string of the molecule is CCN(CC(=O)N1CCN(C)CC1)c1cccc(N)c1. The molecule has 0 aliphatic carbocycles. The van der Waals surface area contributed by atoms with E-state index < -0.39 is 0 Å². The Kier molecular flexibility index (Phi) is 4.84. The molecule has 1 aromatic rings. The van der Waals surface area contributed by atoms with E-state index in [0.29, 0.717) is 6.54 Å². The average molecular weight is 276 g/mol. The average Bonchev–Trinajstić information content (AvgIpc) is 2.45. The van der Waals surface area contributed by atoms with Gasteiger partial charge in [-0.25, -0.2) is 0 Å². The monoisotopic (exact) mass is 276 g/mol. The standard InChI is InChI=1S/C15H24N4O/c1-3-18(14-6-4-5-13(16)11-14)12-15(20)19-9-7-17(2)8-10-19/h4-6,11H,3,7-10,12,16H2,1-2H3. The number of carbonyl (C=O) groups is 1. The van der Waals surface area contributed by atoms with Crippen LogP contribution in [0.25, 0.3) is 0 Å². The first-order valence-corrected chi connectivity index (χ1v) is 7.17. The van der Waals surface area contributed by atoms with Gasteiger partial charge in [0, 0.05) is 44.1 Å². The molecule has 1 aliphatic heterocycles. The molecular formula is C15H24N4O. The molecule has 2 rings (SSSR count). The van der Waals surface area contributed by atoms with Gasteiger partial charge in [0.15, 0.2) is 0 Å². The topological polar surface area (TPSA) is 52.8 Å². The van der Waals surface area contributed by atoms with E-state index in [0.717, 1.165) is 44.1 Å². The first kappa shape index (κ1) is 14.7. The molecule has 1 saturated heterocycles. The molecule has 0 spiro atoms. The van der Waals surface area contributed by atoms with Crippen molar-refractivity contribution >= 4 is 17.3 Å². The zero-order valence-electron chi connectivity index (χ0n) is 12.4. The van der Waals surface area contributed by atoms with Gasteiger partial charge in [-0.15, -0.1) is 0 Å². The van der Waals surface area contributed by atoms with Crippen molar-refractivity contribution in [3.8, 4) is 0 Å². The van der Waals surface area contributed by atoms with Crippen LogP contribution in [0.3, 0.4) is 0 Å². The van der Waals surface area contributed by atoms with Crippen LogP contribution in [0.2, 0.25) is 0 Å². The molecular weight excluding hydrogens is 252 g/mol. The van der Waals surface area contributed by atoms with Crippen molar-refractivity contribution < 1.29 is 4.79 Å². The van der Waals surface area contributed by atoms with Gasteiger partial charge in [-0.2, -0.15) is 0 Å². The maximum atomic E-state index is 12.4. The van der Waals surface area contributed by atoms with E-state index in [9.17, 15) is 4.79 Å². The number of amides is 1. The summed E-state index contributed by atoms with van der Waals surface area (Å²) in [5, 5.41) is 0. The summed E-state index contributed by atoms with van der Waals surface area (Å²) in [6, 6.07) is 7.70. The molecule has 0 aromatic heterocycles. The Hall–Kier alpha value is -1.75. The summed E-state index contributed by atoms with van der Waals surface area (Å²) in [4.78, 5) is 18.6. The number of hydrogen-bond acceptors (Lipinski definition) is 4. The minimum atomic E-state index is 0.197. The second-order valence-corrected chi connectivity index (χ2v) is 5.29. The lowest BCUT2D eigenvalue weighted by molar-refractivity contribution is -0.131. The van der Waals surface area contributed by atoms with Gasteiger partial charge in [0.2, 0.25) is 5.91 Å². The predicted molar refractivity (Wildman–Crippen MR) is 82.8 cm³/mol. The van der Waals surface area contributed by atoms with Gasteiger partial charge in [-0.1, -0.05) is 6.07 Å². The molecule has 0 atom stereocenters. The summed E-state index contributed by atoms with van der Waals surface area (Å²) in [5.74, 6) is 0.197. The molecule has 1 fully saturated rings. The van der Waals surface area contributed by atoms with Crippen LogP contribution in [0.15, 0.2) is 24.3 Å². The number of likely N-dealkylation sites (N-methyl/N-ethyl adjacent to an activating group) is 2. The lowest BCUT2D eigenvalue weighted by Crippen LogP contribution is -2.50. The van der Waals surface area contributed by atoms with E-state index >= 15 is 0 Å². The van der Waals surface area contributed by atoms with E-state index in [-0.39, 0.29) is 5.91 Å². The highest BCUT2D eigenvalue weighted by molar-refractivity contribution is 5.81. The highest BCUT2D eigenvalue weighted by Crippen LogP contribution is 2.17. The number of piperazine rings is 1. The van der Waals surface area contributed by atoms with Crippen LogP contribution >= 0.6 is 0 Å². The summed E-state index contributed by atoms with van der Waals surface area (Å²) in [7, 11) is 2.09. The molecule has 1 aromatic carbocycles. The van der Waals surface area contributed by atoms with Crippen molar-refractivity contribution in [2.24, 2.45) is 0 Å². The second-order valence-electron chi connectivity index (χ2n) is 5.29. The normalized spacial score (nSPS) is 16.2. The first-order valence-electron chi connectivity index (χ1n) is 7.17. The fraction of sp³-hybridized carbons (Fsp3) is 0.533. The number of carbonyl (C=O) groups excluding carboxylic acids is 1. The molecule has 1 heterocycles. The second kappa shape index (κ2) is 6.61. The molecule has 0 radical (unpaired) electrons. The van der Waals surface area contributed by atoms with Gasteiger partial charge in [0.1, 0.15) is 0 Å². The molecule has 20 heavy (non-hydrogen) atoms. The maximum Gasteiger partial charge on any atom is 0.242 e. The van der Waals surface area contributed by atoms with E-state index in [1.54, 1.807) is 0 Å². The maximum absolute atomic E-state index is 12.4. The molecule has 0 saturated carbocycles. The fourth-order valence-corrected chi connectivity index (χ4v) is 2.43. The van der Waals surface area contributed by atoms with Crippen molar-refractivity contribution in [1.82, 2.24) is 9.80 Å².